The largest absolute Gasteiger partial charge is 0.382 e. The lowest BCUT2D eigenvalue weighted by atomic mass is 10.0. The quantitative estimate of drug-likeness (QED) is 0.832. The van der Waals surface area contributed by atoms with E-state index in [9.17, 15) is 0 Å². The lowest BCUT2D eigenvalue weighted by Crippen LogP contribution is -2.24. The molecule has 1 N–H and O–H groups in total. The van der Waals surface area contributed by atoms with Crippen LogP contribution in [0.3, 0.4) is 0 Å². The maximum atomic E-state index is 8.86. The Morgan fingerprint density at radius 2 is 2.06 bits per heavy atom. The lowest BCUT2D eigenvalue weighted by molar-refractivity contribution is 0.511. The Balaban J connectivity index is 2.83. The summed E-state index contributed by atoms with van der Waals surface area (Å²) in [6.45, 7) is 8.60. The molecule has 0 saturated heterocycles. The number of nitriles is 1. The minimum Gasteiger partial charge on any atom is -0.382 e. The highest BCUT2D eigenvalue weighted by molar-refractivity contribution is 5.52. The summed E-state index contributed by atoms with van der Waals surface area (Å²) >= 11 is 0. The van der Waals surface area contributed by atoms with Crippen molar-refractivity contribution in [3.8, 4) is 6.07 Å². The van der Waals surface area contributed by atoms with Crippen LogP contribution in [-0.2, 0) is 0 Å². The van der Waals surface area contributed by atoms with E-state index < -0.39 is 0 Å². The zero-order valence-electron chi connectivity index (χ0n) is 10.5. The smallest absolute Gasteiger partial charge is 0.0994 e. The van der Waals surface area contributed by atoms with Gasteiger partial charge in [-0.3, -0.25) is 0 Å². The van der Waals surface area contributed by atoms with Gasteiger partial charge < -0.3 is 5.32 Å². The predicted octanol–water partition coefficient (Wildman–Crippen LogP) is 3.71. The molecule has 2 nitrogen and oxygen atoms in total. The van der Waals surface area contributed by atoms with Gasteiger partial charge in [0.2, 0.25) is 0 Å². The summed E-state index contributed by atoms with van der Waals surface area (Å²) in [5.41, 5.74) is 2.89. The minimum atomic E-state index is 0.493. The standard InChI is InChI=1S/C14H20N2/c1-5-14(10(2)3)16-13-7-6-12(9-15)11(4)8-13/h6-8,10,14,16H,5H2,1-4H3. The molecule has 0 fully saturated rings. The molecule has 0 aliphatic carbocycles. The highest BCUT2D eigenvalue weighted by atomic mass is 14.9. The van der Waals surface area contributed by atoms with E-state index >= 15 is 0 Å². The van der Waals surface area contributed by atoms with Crippen molar-refractivity contribution in [2.24, 2.45) is 5.92 Å². The number of nitrogens with zero attached hydrogens (tertiary/aromatic N) is 1. The van der Waals surface area contributed by atoms with E-state index in [0.717, 1.165) is 23.2 Å². The molecule has 1 aromatic carbocycles. The number of rotatable bonds is 4. The molecule has 0 aliphatic heterocycles. The van der Waals surface area contributed by atoms with Gasteiger partial charge in [-0.1, -0.05) is 20.8 Å². The summed E-state index contributed by atoms with van der Waals surface area (Å²) in [6.07, 6.45) is 1.11. The van der Waals surface area contributed by atoms with Crippen LogP contribution in [0.25, 0.3) is 0 Å². The molecule has 0 bridgehead atoms. The molecule has 0 heterocycles. The van der Waals surface area contributed by atoms with Crippen LogP contribution in [0.2, 0.25) is 0 Å². The van der Waals surface area contributed by atoms with Crippen molar-refractivity contribution in [2.45, 2.75) is 40.2 Å². The lowest BCUT2D eigenvalue weighted by Gasteiger charge is -2.22. The number of hydrogen-bond donors (Lipinski definition) is 1. The van der Waals surface area contributed by atoms with Crippen molar-refractivity contribution < 1.29 is 0 Å². The van der Waals surface area contributed by atoms with Crippen molar-refractivity contribution in [3.63, 3.8) is 0 Å². The van der Waals surface area contributed by atoms with Gasteiger partial charge in [0.25, 0.3) is 0 Å². The SMILES string of the molecule is CCC(Nc1ccc(C#N)c(C)c1)C(C)C. The summed E-state index contributed by atoms with van der Waals surface area (Å²) in [5.74, 6) is 0.612. The molecule has 1 atom stereocenters. The van der Waals surface area contributed by atoms with Crippen molar-refractivity contribution in [3.05, 3.63) is 29.3 Å². The highest BCUT2D eigenvalue weighted by Crippen LogP contribution is 2.18. The summed E-state index contributed by atoms with van der Waals surface area (Å²) in [5, 5.41) is 12.4. The van der Waals surface area contributed by atoms with E-state index in [1.54, 1.807) is 0 Å². The van der Waals surface area contributed by atoms with E-state index in [4.69, 9.17) is 5.26 Å². The fourth-order valence-corrected chi connectivity index (χ4v) is 1.83. The fraction of sp³-hybridized carbons (Fsp3) is 0.500. The van der Waals surface area contributed by atoms with Crippen LogP contribution >= 0.6 is 0 Å². The van der Waals surface area contributed by atoms with Gasteiger partial charge in [-0.2, -0.15) is 5.26 Å². The first-order valence-electron chi connectivity index (χ1n) is 5.85. The molecule has 0 saturated carbocycles. The Morgan fingerprint density at radius 1 is 1.38 bits per heavy atom. The third-order valence-corrected chi connectivity index (χ3v) is 2.94. The zero-order chi connectivity index (χ0) is 12.1. The molecule has 1 aromatic rings. The normalized spacial score (nSPS) is 12.2. The molecule has 1 unspecified atom stereocenters. The van der Waals surface area contributed by atoms with Crippen LogP contribution in [-0.4, -0.2) is 6.04 Å². The van der Waals surface area contributed by atoms with Crippen LogP contribution in [0, 0.1) is 24.2 Å². The fourth-order valence-electron chi connectivity index (χ4n) is 1.83. The minimum absolute atomic E-state index is 0.493. The monoisotopic (exact) mass is 216 g/mol. The molecular formula is C14H20N2. The van der Waals surface area contributed by atoms with Crippen LogP contribution in [0.4, 0.5) is 5.69 Å². The summed E-state index contributed by atoms with van der Waals surface area (Å²) in [6, 6.07) is 8.59. The van der Waals surface area contributed by atoms with Gasteiger partial charge in [-0.05, 0) is 43.0 Å². The Kier molecular flexibility index (Phi) is 4.37. The molecule has 1 rings (SSSR count). The van der Waals surface area contributed by atoms with Gasteiger partial charge >= 0.3 is 0 Å². The average molecular weight is 216 g/mol. The van der Waals surface area contributed by atoms with Gasteiger partial charge in [0, 0.05) is 11.7 Å². The second kappa shape index (κ2) is 5.55. The van der Waals surface area contributed by atoms with Crippen molar-refractivity contribution in [1.29, 1.82) is 5.26 Å². The maximum absolute atomic E-state index is 8.86. The van der Waals surface area contributed by atoms with Crippen LogP contribution in [0.5, 0.6) is 0 Å². The Hall–Kier alpha value is -1.49. The van der Waals surface area contributed by atoms with E-state index in [1.807, 2.05) is 25.1 Å². The number of nitrogens with one attached hydrogen (secondary N) is 1. The first kappa shape index (κ1) is 12.6. The number of aryl methyl sites for hydroxylation is 1. The van der Waals surface area contributed by atoms with Crippen LogP contribution < -0.4 is 5.32 Å². The number of benzene rings is 1. The molecule has 2 heteroatoms. The number of anilines is 1. The zero-order valence-corrected chi connectivity index (χ0v) is 10.5. The molecule has 0 aromatic heterocycles. The van der Waals surface area contributed by atoms with E-state index in [2.05, 4.69) is 32.2 Å². The van der Waals surface area contributed by atoms with Crippen molar-refractivity contribution in [1.82, 2.24) is 0 Å². The Labute approximate surface area is 98.3 Å². The van der Waals surface area contributed by atoms with Gasteiger partial charge in [-0.15, -0.1) is 0 Å². The molecule has 0 radical (unpaired) electrons. The maximum Gasteiger partial charge on any atom is 0.0994 e. The Bertz CT molecular complexity index is 388. The van der Waals surface area contributed by atoms with Crippen molar-refractivity contribution in [2.75, 3.05) is 5.32 Å². The molecule has 86 valence electrons. The third kappa shape index (κ3) is 3.00. The third-order valence-electron chi connectivity index (χ3n) is 2.94. The van der Waals surface area contributed by atoms with Crippen LogP contribution in [0.1, 0.15) is 38.3 Å². The predicted molar refractivity (Wildman–Crippen MR) is 68.4 cm³/mol. The van der Waals surface area contributed by atoms with E-state index in [0.29, 0.717) is 12.0 Å². The second-order valence-electron chi connectivity index (χ2n) is 4.54. The first-order chi connectivity index (χ1) is 7.58. The topological polar surface area (TPSA) is 35.8 Å². The second-order valence-corrected chi connectivity index (χ2v) is 4.54. The molecular weight excluding hydrogens is 196 g/mol. The summed E-state index contributed by atoms with van der Waals surface area (Å²) in [7, 11) is 0. The molecule has 0 amide bonds. The highest BCUT2D eigenvalue weighted by Gasteiger charge is 2.10. The Morgan fingerprint density at radius 3 is 2.50 bits per heavy atom. The van der Waals surface area contributed by atoms with Gasteiger partial charge in [0.15, 0.2) is 0 Å². The summed E-state index contributed by atoms with van der Waals surface area (Å²) < 4.78 is 0. The van der Waals surface area contributed by atoms with Gasteiger partial charge in [-0.25, -0.2) is 0 Å². The van der Waals surface area contributed by atoms with E-state index in [-0.39, 0.29) is 0 Å². The summed E-state index contributed by atoms with van der Waals surface area (Å²) in [4.78, 5) is 0. The first-order valence-corrected chi connectivity index (χ1v) is 5.85. The van der Waals surface area contributed by atoms with Gasteiger partial charge in [0.1, 0.15) is 0 Å². The average Bonchev–Trinajstić information content (AvgIpc) is 2.25. The molecule has 16 heavy (non-hydrogen) atoms. The van der Waals surface area contributed by atoms with E-state index in [1.165, 1.54) is 0 Å². The van der Waals surface area contributed by atoms with Gasteiger partial charge in [0.05, 0.1) is 11.6 Å². The molecule has 0 spiro atoms. The van der Waals surface area contributed by atoms with Crippen LogP contribution in [0.15, 0.2) is 18.2 Å². The number of hydrogen-bond acceptors (Lipinski definition) is 2. The van der Waals surface area contributed by atoms with Crippen molar-refractivity contribution >= 4 is 5.69 Å². The molecule has 0 aliphatic rings.